The molecule has 0 fully saturated rings. The number of aromatic nitrogens is 2. The van der Waals surface area contributed by atoms with Gasteiger partial charge in [0.05, 0.1) is 34.2 Å². The van der Waals surface area contributed by atoms with Crippen LogP contribution in [0.4, 0.5) is 11.6 Å². The molecule has 0 bridgehead atoms. The van der Waals surface area contributed by atoms with E-state index in [-0.39, 0.29) is 24.4 Å². The summed E-state index contributed by atoms with van der Waals surface area (Å²) < 4.78 is 7.10. The summed E-state index contributed by atoms with van der Waals surface area (Å²) in [6, 6.07) is 22.2. The summed E-state index contributed by atoms with van der Waals surface area (Å²) in [6.07, 6.45) is 0.543. The number of para-hydroxylation sites is 3. The van der Waals surface area contributed by atoms with Gasteiger partial charge in [0.25, 0.3) is 5.69 Å². The molecule has 36 heavy (non-hydrogen) atoms. The van der Waals surface area contributed by atoms with Crippen LogP contribution in [0.15, 0.2) is 78.9 Å². The summed E-state index contributed by atoms with van der Waals surface area (Å²) in [5.74, 6) is -2.18. The maximum absolute atomic E-state index is 14.0. The smallest absolute Gasteiger partial charge is 0.321 e. The van der Waals surface area contributed by atoms with Crippen LogP contribution in [0.25, 0.3) is 11.0 Å². The number of ether oxygens (including phenoxy) is 1. The topological polar surface area (TPSA) is 108 Å². The van der Waals surface area contributed by atoms with Crippen LogP contribution in [0.2, 0.25) is 0 Å². The van der Waals surface area contributed by atoms with Crippen LogP contribution >= 0.6 is 0 Å². The third-order valence-electron chi connectivity index (χ3n) is 6.40. The number of nitro benzene ring substituents is 1. The maximum Gasteiger partial charge on any atom is 0.321 e. The molecule has 0 aliphatic carbocycles. The van der Waals surface area contributed by atoms with Crippen molar-refractivity contribution in [1.82, 2.24) is 9.55 Å². The lowest BCUT2D eigenvalue weighted by atomic mass is 9.88. The normalized spacial score (nSPS) is 17.1. The van der Waals surface area contributed by atoms with E-state index < -0.39 is 28.8 Å². The lowest BCUT2D eigenvalue weighted by Crippen LogP contribution is -2.50. The van der Waals surface area contributed by atoms with Gasteiger partial charge in [0.15, 0.2) is 5.92 Å². The first kappa shape index (κ1) is 23.2. The van der Waals surface area contributed by atoms with Crippen LogP contribution in [0.5, 0.6) is 0 Å². The maximum atomic E-state index is 14.0. The number of benzene rings is 3. The number of anilines is 1. The van der Waals surface area contributed by atoms with Gasteiger partial charge >= 0.3 is 5.97 Å². The Balaban J connectivity index is 1.73. The van der Waals surface area contributed by atoms with Crippen molar-refractivity contribution in [2.24, 2.45) is 5.92 Å². The number of carbonyl (C=O) groups is 2. The molecule has 0 unspecified atom stereocenters. The van der Waals surface area contributed by atoms with E-state index in [0.717, 1.165) is 5.56 Å². The molecule has 0 saturated heterocycles. The Labute approximate surface area is 207 Å². The molecule has 9 nitrogen and oxygen atoms in total. The molecule has 3 aromatic carbocycles. The Morgan fingerprint density at radius 1 is 1.03 bits per heavy atom. The quantitative estimate of drug-likeness (QED) is 0.168. The number of nitro groups is 1. The highest BCUT2D eigenvalue weighted by molar-refractivity contribution is 6.08. The number of esters is 1. The van der Waals surface area contributed by atoms with Crippen LogP contribution in [0.1, 0.15) is 24.1 Å². The molecule has 5 rings (SSSR count). The predicted octanol–water partition coefficient (Wildman–Crippen LogP) is 4.30. The molecule has 2 heterocycles. The summed E-state index contributed by atoms with van der Waals surface area (Å²) in [7, 11) is 0. The fourth-order valence-corrected chi connectivity index (χ4v) is 4.83. The molecular weight excluding hydrogens is 460 g/mol. The molecular formula is C27H24N4O5. The van der Waals surface area contributed by atoms with Crippen LogP contribution in [0, 0.1) is 16.0 Å². The van der Waals surface area contributed by atoms with Gasteiger partial charge < -0.3 is 9.30 Å². The standard InChI is InChI=1S/C27H24N4O5/c1-2-36-26(33)23-24(19-12-6-8-14-21(19)31(34)35)30-22-15-9-7-13-20(22)28-27(30)29(25(23)32)17-16-18-10-4-3-5-11-18/h3-15,23-24H,2,16-17H2,1H3/t23-,24-/m1/s1. The third-order valence-corrected chi connectivity index (χ3v) is 6.40. The van der Waals surface area contributed by atoms with Crippen molar-refractivity contribution in [3.63, 3.8) is 0 Å². The molecule has 182 valence electrons. The molecule has 1 aliphatic heterocycles. The minimum Gasteiger partial charge on any atom is -0.465 e. The number of amides is 1. The van der Waals surface area contributed by atoms with Gasteiger partial charge in [0.2, 0.25) is 11.9 Å². The van der Waals surface area contributed by atoms with Gasteiger partial charge in [-0.3, -0.25) is 24.6 Å². The summed E-state index contributed by atoms with van der Waals surface area (Å²) in [5.41, 5.74) is 2.40. The van der Waals surface area contributed by atoms with Gasteiger partial charge in [0.1, 0.15) is 0 Å². The van der Waals surface area contributed by atoms with Gasteiger partial charge in [-0.2, -0.15) is 0 Å². The second-order valence-electron chi connectivity index (χ2n) is 8.49. The molecule has 0 saturated carbocycles. The Morgan fingerprint density at radius 2 is 1.72 bits per heavy atom. The fraction of sp³-hybridized carbons (Fsp3) is 0.222. The van der Waals surface area contributed by atoms with E-state index in [1.54, 1.807) is 29.7 Å². The highest BCUT2D eigenvalue weighted by Crippen LogP contribution is 2.43. The van der Waals surface area contributed by atoms with Crippen LogP contribution in [-0.4, -0.2) is 39.5 Å². The van der Waals surface area contributed by atoms with Gasteiger partial charge in [-0.15, -0.1) is 0 Å². The highest BCUT2D eigenvalue weighted by Gasteiger charge is 2.49. The highest BCUT2D eigenvalue weighted by atomic mass is 16.6. The summed E-state index contributed by atoms with van der Waals surface area (Å²) >= 11 is 0. The molecule has 1 aromatic heterocycles. The third kappa shape index (κ3) is 3.98. The zero-order chi connectivity index (χ0) is 25.2. The zero-order valence-electron chi connectivity index (χ0n) is 19.6. The second kappa shape index (κ2) is 9.61. The van der Waals surface area contributed by atoms with Crippen molar-refractivity contribution in [1.29, 1.82) is 0 Å². The van der Waals surface area contributed by atoms with Gasteiger partial charge in [0, 0.05) is 12.6 Å². The van der Waals surface area contributed by atoms with Crippen LogP contribution in [0.3, 0.4) is 0 Å². The molecule has 9 heteroatoms. The lowest BCUT2D eigenvalue weighted by molar-refractivity contribution is -0.385. The molecule has 1 amide bonds. The minimum atomic E-state index is -1.31. The van der Waals surface area contributed by atoms with E-state index in [9.17, 15) is 19.7 Å². The van der Waals surface area contributed by atoms with Crippen molar-refractivity contribution in [2.45, 2.75) is 19.4 Å². The zero-order valence-corrected chi connectivity index (χ0v) is 19.6. The van der Waals surface area contributed by atoms with E-state index in [0.29, 0.717) is 23.4 Å². The monoisotopic (exact) mass is 484 g/mol. The number of hydrogen-bond donors (Lipinski definition) is 0. The number of rotatable bonds is 7. The number of fused-ring (bicyclic) bond motifs is 3. The fourth-order valence-electron chi connectivity index (χ4n) is 4.83. The molecule has 4 aromatic rings. The number of hydrogen-bond acceptors (Lipinski definition) is 6. The molecule has 0 N–H and O–H groups in total. The van der Waals surface area contributed by atoms with Crippen molar-refractivity contribution >= 4 is 34.5 Å². The molecule has 0 spiro atoms. The summed E-state index contributed by atoms with van der Waals surface area (Å²) in [4.78, 5) is 44.9. The summed E-state index contributed by atoms with van der Waals surface area (Å²) in [6.45, 7) is 2.02. The first-order valence-electron chi connectivity index (χ1n) is 11.7. The van der Waals surface area contributed by atoms with E-state index in [1.807, 2.05) is 54.6 Å². The first-order chi connectivity index (χ1) is 17.5. The van der Waals surface area contributed by atoms with Crippen molar-refractivity contribution in [3.8, 4) is 0 Å². The minimum absolute atomic E-state index is 0.0771. The lowest BCUT2D eigenvalue weighted by Gasteiger charge is -2.37. The molecule has 1 aliphatic rings. The summed E-state index contributed by atoms with van der Waals surface area (Å²) in [5, 5.41) is 12.0. The number of carbonyl (C=O) groups excluding carboxylic acids is 2. The van der Waals surface area contributed by atoms with Gasteiger partial charge in [-0.05, 0) is 31.0 Å². The van der Waals surface area contributed by atoms with Crippen LogP contribution < -0.4 is 4.90 Å². The van der Waals surface area contributed by atoms with Gasteiger partial charge in [-0.25, -0.2) is 4.98 Å². The van der Waals surface area contributed by atoms with E-state index in [1.165, 1.54) is 11.0 Å². The second-order valence-corrected chi connectivity index (χ2v) is 8.49. The van der Waals surface area contributed by atoms with Crippen LogP contribution in [-0.2, 0) is 20.7 Å². The Morgan fingerprint density at radius 3 is 2.47 bits per heavy atom. The molecule has 2 atom stereocenters. The number of imidazole rings is 1. The van der Waals surface area contributed by atoms with Crippen molar-refractivity contribution in [2.75, 3.05) is 18.1 Å². The van der Waals surface area contributed by atoms with E-state index in [4.69, 9.17) is 9.72 Å². The average molecular weight is 485 g/mol. The SMILES string of the molecule is CCOC(=O)[C@H]1C(=O)N(CCc2ccccc2)c2nc3ccccc3n2[C@@H]1c1ccccc1[N+](=O)[O-]. The Kier molecular flexibility index (Phi) is 6.20. The first-order valence-corrected chi connectivity index (χ1v) is 11.7. The Hall–Kier alpha value is -4.53. The largest absolute Gasteiger partial charge is 0.465 e. The average Bonchev–Trinajstić information content (AvgIpc) is 3.27. The van der Waals surface area contributed by atoms with Crippen molar-refractivity contribution in [3.05, 3.63) is 100 Å². The van der Waals surface area contributed by atoms with Crippen molar-refractivity contribution < 1.29 is 19.2 Å². The predicted molar refractivity (Wildman–Crippen MR) is 134 cm³/mol. The molecule has 0 radical (unpaired) electrons. The number of nitrogens with zero attached hydrogens (tertiary/aromatic N) is 4. The van der Waals surface area contributed by atoms with E-state index in [2.05, 4.69) is 0 Å². The van der Waals surface area contributed by atoms with E-state index >= 15 is 0 Å². The Bertz CT molecular complexity index is 1450. The van der Waals surface area contributed by atoms with Gasteiger partial charge in [-0.1, -0.05) is 60.7 Å².